The predicted octanol–water partition coefficient (Wildman–Crippen LogP) is 1.67. The van der Waals surface area contributed by atoms with Crippen LogP contribution < -0.4 is 5.32 Å². The molecule has 0 aromatic heterocycles. The molecule has 0 radical (unpaired) electrons. The number of amides is 1. The molecule has 5 heteroatoms. The van der Waals surface area contributed by atoms with E-state index >= 15 is 0 Å². The topological polar surface area (TPSA) is 66.4 Å². The molecule has 2 N–H and O–H groups in total. The van der Waals surface area contributed by atoms with E-state index in [0.29, 0.717) is 6.54 Å². The van der Waals surface area contributed by atoms with Gasteiger partial charge in [0.05, 0.1) is 0 Å². The van der Waals surface area contributed by atoms with Gasteiger partial charge in [0, 0.05) is 23.4 Å². The van der Waals surface area contributed by atoms with Crippen molar-refractivity contribution in [1.29, 1.82) is 0 Å². The van der Waals surface area contributed by atoms with Gasteiger partial charge in [0.25, 0.3) is 0 Å². The third-order valence-electron chi connectivity index (χ3n) is 2.68. The highest BCUT2D eigenvalue weighted by Gasteiger charge is 2.24. The molecule has 0 saturated carbocycles. The van der Waals surface area contributed by atoms with Gasteiger partial charge < -0.3 is 10.4 Å². The summed E-state index contributed by atoms with van der Waals surface area (Å²) < 4.78 is 0.0483. The van der Waals surface area contributed by atoms with Gasteiger partial charge in [0.2, 0.25) is 5.91 Å². The van der Waals surface area contributed by atoms with Gasteiger partial charge in [-0.15, -0.1) is 0 Å². The molecule has 0 saturated heterocycles. The van der Waals surface area contributed by atoms with Gasteiger partial charge in [-0.25, -0.2) is 4.79 Å². The van der Waals surface area contributed by atoms with E-state index in [-0.39, 0.29) is 10.7 Å². The van der Waals surface area contributed by atoms with Crippen LogP contribution in [0, 0.1) is 0 Å². The Hall–Kier alpha value is -0.970. The molecule has 0 bridgehead atoms. The SMILES string of the molecule is CCC(CC)(CNC(=O)/C=C/C(=O)O)SC. The fourth-order valence-corrected chi connectivity index (χ4v) is 2.11. The Morgan fingerprint density at radius 2 is 1.88 bits per heavy atom. The number of carboxylic acid groups (broad SMARTS) is 1. The monoisotopic (exact) mass is 245 g/mol. The van der Waals surface area contributed by atoms with Gasteiger partial charge >= 0.3 is 5.97 Å². The van der Waals surface area contributed by atoms with Gasteiger partial charge in [-0.2, -0.15) is 11.8 Å². The van der Waals surface area contributed by atoms with Crippen molar-refractivity contribution in [2.24, 2.45) is 0 Å². The maximum atomic E-state index is 11.3. The van der Waals surface area contributed by atoms with Gasteiger partial charge in [0.1, 0.15) is 0 Å². The first-order valence-corrected chi connectivity index (χ1v) is 6.46. The number of hydrogen-bond donors (Lipinski definition) is 2. The lowest BCUT2D eigenvalue weighted by molar-refractivity contribution is -0.131. The first kappa shape index (κ1) is 15.0. The van der Waals surface area contributed by atoms with Crippen molar-refractivity contribution in [1.82, 2.24) is 5.32 Å². The number of carboxylic acids is 1. The molecule has 0 unspecified atom stereocenters. The van der Waals surface area contributed by atoms with E-state index in [1.807, 2.05) is 6.26 Å². The molecule has 0 rings (SSSR count). The number of aliphatic carboxylic acids is 1. The van der Waals surface area contributed by atoms with Crippen LogP contribution in [0.15, 0.2) is 12.2 Å². The molecule has 0 fully saturated rings. The second-order valence-electron chi connectivity index (χ2n) is 3.48. The normalized spacial score (nSPS) is 11.7. The summed E-state index contributed by atoms with van der Waals surface area (Å²) in [5, 5.41) is 11.1. The molecule has 0 aromatic rings. The Morgan fingerprint density at radius 1 is 1.31 bits per heavy atom. The van der Waals surface area contributed by atoms with E-state index in [1.165, 1.54) is 0 Å². The minimum absolute atomic E-state index is 0.0483. The lowest BCUT2D eigenvalue weighted by Gasteiger charge is -2.29. The van der Waals surface area contributed by atoms with E-state index in [9.17, 15) is 9.59 Å². The summed E-state index contributed by atoms with van der Waals surface area (Å²) in [4.78, 5) is 21.5. The molecule has 0 atom stereocenters. The Kier molecular flexibility index (Phi) is 6.88. The number of carbonyl (C=O) groups is 2. The quantitative estimate of drug-likeness (QED) is 0.669. The summed E-state index contributed by atoms with van der Waals surface area (Å²) >= 11 is 1.73. The van der Waals surface area contributed by atoms with Crippen LogP contribution in [0.2, 0.25) is 0 Å². The molecule has 0 aromatic carbocycles. The molecule has 0 aliphatic carbocycles. The Balaban J connectivity index is 4.21. The number of carbonyl (C=O) groups excluding carboxylic acids is 1. The largest absolute Gasteiger partial charge is 0.478 e. The summed E-state index contributed by atoms with van der Waals surface area (Å²) in [5.41, 5.74) is 0. The zero-order chi connectivity index (χ0) is 12.6. The Morgan fingerprint density at radius 3 is 2.25 bits per heavy atom. The fraction of sp³-hybridized carbons (Fsp3) is 0.636. The van der Waals surface area contributed by atoms with Crippen molar-refractivity contribution in [2.45, 2.75) is 31.4 Å². The maximum Gasteiger partial charge on any atom is 0.328 e. The Labute approximate surface area is 100 Å². The van der Waals surface area contributed by atoms with Crippen LogP contribution in [-0.2, 0) is 9.59 Å². The summed E-state index contributed by atoms with van der Waals surface area (Å²) in [6, 6.07) is 0. The van der Waals surface area contributed by atoms with E-state index in [1.54, 1.807) is 11.8 Å². The first-order valence-electron chi connectivity index (χ1n) is 5.23. The van der Waals surface area contributed by atoms with Crippen LogP contribution in [-0.4, -0.2) is 34.5 Å². The first-order chi connectivity index (χ1) is 7.49. The summed E-state index contributed by atoms with van der Waals surface area (Å²) in [7, 11) is 0. The van der Waals surface area contributed by atoms with Crippen molar-refractivity contribution < 1.29 is 14.7 Å². The highest BCUT2D eigenvalue weighted by molar-refractivity contribution is 8.00. The highest BCUT2D eigenvalue weighted by Crippen LogP contribution is 2.29. The van der Waals surface area contributed by atoms with Crippen LogP contribution in [0.3, 0.4) is 0 Å². The van der Waals surface area contributed by atoms with Gasteiger partial charge in [0.15, 0.2) is 0 Å². The average molecular weight is 245 g/mol. The summed E-state index contributed by atoms with van der Waals surface area (Å²) in [6.07, 6.45) is 5.83. The molecule has 92 valence electrons. The van der Waals surface area contributed by atoms with Crippen LogP contribution in [0.1, 0.15) is 26.7 Å². The van der Waals surface area contributed by atoms with E-state index in [4.69, 9.17) is 5.11 Å². The molecule has 16 heavy (non-hydrogen) atoms. The molecular weight excluding hydrogens is 226 g/mol. The van der Waals surface area contributed by atoms with Gasteiger partial charge in [-0.1, -0.05) is 13.8 Å². The second-order valence-corrected chi connectivity index (χ2v) is 4.76. The lowest BCUT2D eigenvalue weighted by Crippen LogP contribution is -2.39. The van der Waals surface area contributed by atoms with Crippen LogP contribution in [0.5, 0.6) is 0 Å². The lowest BCUT2D eigenvalue weighted by atomic mass is 10.0. The standard InChI is InChI=1S/C11H19NO3S/c1-4-11(5-2,16-3)8-12-9(13)6-7-10(14)15/h6-7H,4-5,8H2,1-3H3,(H,12,13)(H,14,15)/b7-6+. The number of hydrogen-bond acceptors (Lipinski definition) is 3. The highest BCUT2D eigenvalue weighted by atomic mass is 32.2. The number of thioether (sulfide) groups is 1. The minimum atomic E-state index is -1.11. The average Bonchev–Trinajstić information content (AvgIpc) is 2.29. The third kappa shape index (κ3) is 5.21. The van der Waals surface area contributed by atoms with Crippen LogP contribution >= 0.6 is 11.8 Å². The maximum absolute atomic E-state index is 11.3. The molecule has 0 aliphatic heterocycles. The van der Waals surface area contributed by atoms with Crippen molar-refractivity contribution in [3.05, 3.63) is 12.2 Å². The fourth-order valence-electron chi connectivity index (χ4n) is 1.31. The van der Waals surface area contributed by atoms with Crippen LogP contribution in [0.4, 0.5) is 0 Å². The Bertz CT molecular complexity index is 264. The molecule has 1 amide bonds. The van der Waals surface area contributed by atoms with Gasteiger partial charge in [-0.3, -0.25) is 4.79 Å². The van der Waals surface area contributed by atoms with Crippen molar-refractivity contribution in [2.75, 3.05) is 12.8 Å². The zero-order valence-corrected chi connectivity index (χ0v) is 10.8. The molecule has 0 heterocycles. The van der Waals surface area contributed by atoms with Crippen molar-refractivity contribution in [3.8, 4) is 0 Å². The molecule has 4 nitrogen and oxygen atoms in total. The van der Waals surface area contributed by atoms with Crippen LogP contribution in [0.25, 0.3) is 0 Å². The van der Waals surface area contributed by atoms with Crippen molar-refractivity contribution >= 4 is 23.6 Å². The van der Waals surface area contributed by atoms with Crippen molar-refractivity contribution in [3.63, 3.8) is 0 Å². The summed E-state index contributed by atoms with van der Waals surface area (Å²) in [6.45, 7) is 4.72. The second kappa shape index (κ2) is 7.33. The smallest absolute Gasteiger partial charge is 0.328 e. The number of nitrogens with one attached hydrogen (secondary N) is 1. The zero-order valence-electron chi connectivity index (χ0n) is 9.95. The molecule has 0 spiro atoms. The van der Waals surface area contributed by atoms with E-state index < -0.39 is 5.97 Å². The summed E-state index contributed by atoms with van der Waals surface area (Å²) in [5.74, 6) is -1.47. The van der Waals surface area contributed by atoms with E-state index in [2.05, 4.69) is 19.2 Å². The minimum Gasteiger partial charge on any atom is -0.478 e. The third-order valence-corrected chi connectivity index (χ3v) is 4.27. The predicted molar refractivity (Wildman–Crippen MR) is 66.6 cm³/mol. The molecular formula is C11H19NO3S. The van der Waals surface area contributed by atoms with E-state index in [0.717, 1.165) is 25.0 Å². The van der Waals surface area contributed by atoms with Gasteiger partial charge in [-0.05, 0) is 19.1 Å². The number of rotatable bonds is 7. The molecule has 0 aliphatic rings.